The third-order valence-corrected chi connectivity index (χ3v) is 6.98. The van der Waals surface area contributed by atoms with Crippen molar-refractivity contribution in [2.24, 2.45) is 11.1 Å². The summed E-state index contributed by atoms with van der Waals surface area (Å²) in [6.07, 6.45) is 5.44. The van der Waals surface area contributed by atoms with Crippen LogP contribution < -0.4 is 16.4 Å². The van der Waals surface area contributed by atoms with Gasteiger partial charge in [-0.05, 0) is 58.2 Å². The van der Waals surface area contributed by atoms with Crippen molar-refractivity contribution >= 4 is 17.7 Å². The van der Waals surface area contributed by atoms with Crippen molar-refractivity contribution in [3.05, 3.63) is 0 Å². The molecule has 0 spiro atoms. The smallest absolute Gasteiger partial charge is 0.246 e. The van der Waals surface area contributed by atoms with Gasteiger partial charge in [0.05, 0.1) is 12.6 Å². The van der Waals surface area contributed by atoms with Crippen molar-refractivity contribution in [3.8, 4) is 0 Å². The number of nitrogens with one attached hydrogen (secondary N) is 2. The Labute approximate surface area is 199 Å². The summed E-state index contributed by atoms with van der Waals surface area (Å²) in [6, 6.07) is -1.07. The molecule has 9 nitrogen and oxygen atoms in total. The van der Waals surface area contributed by atoms with E-state index in [9.17, 15) is 14.4 Å². The second-order valence-electron chi connectivity index (χ2n) is 10.6. The molecule has 0 aromatic heterocycles. The number of nitrogens with two attached hydrogens (primary N) is 1. The molecule has 2 fully saturated rings. The number of nitrogens with zero attached hydrogens (tertiary/aromatic N) is 3. The van der Waals surface area contributed by atoms with E-state index in [1.165, 1.54) is 19.3 Å². The van der Waals surface area contributed by atoms with Gasteiger partial charge in [0.1, 0.15) is 6.04 Å². The minimum Gasteiger partial charge on any atom is -0.342 e. The van der Waals surface area contributed by atoms with Gasteiger partial charge in [0.15, 0.2) is 0 Å². The molecule has 0 aliphatic carbocycles. The summed E-state index contributed by atoms with van der Waals surface area (Å²) in [6.45, 7) is 12.4. The minimum absolute atomic E-state index is 0.0246. The van der Waals surface area contributed by atoms with E-state index in [1.54, 1.807) is 14.0 Å². The Morgan fingerprint density at radius 3 is 2.33 bits per heavy atom. The summed E-state index contributed by atoms with van der Waals surface area (Å²) >= 11 is 0. The molecule has 2 rings (SSSR count). The molecule has 0 saturated carbocycles. The summed E-state index contributed by atoms with van der Waals surface area (Å²) in [5, 5.41) is 5.89. The van der Waals surface area contributed by atoms with Crippen LogP contribution in [0.15, 0.2) is 0 Å². The summed E-state index contributed by atoms with van der Waals surface area (Å²) in [5.74, 6) is -0.337. The van der Waals surface area contributed by atoms with Gasteiger partial charge in [-0.15, -0.1) is 0 Å². The zero-order valence-corrected chi connectivity index (χ0v) is 21.4. The molecule has 0 unspecified atom stereocenters. The van der Waals surface area contributed by atoms with Crippen molar-refractivity contribution < 1.29 is 14.4 Å². The van der Waals surface area contributed by atoms with Crippen LogP contribution in [0.4, 0.5) is 0 Å². The lowest BCUT2D eigenvalue weighted by Gasteiger charge is -2.38. The number of amides is 3. The third-order valence-electron chi connectivity index (χ3n) is 6.98. The summed E-state index contributed by atoms with van der Waals surface area (Å²) < 4.78 is 0. The van der Waals surface area contributed by atoms with Gasteiger partial charge in [-0.25, -0.2) is 0 Å². The summed E-state index contributed by atoms with van der Waals surface area (Å²) in [4.78, 5) is 44.9. The monoisotopic (exact) mass is 466 g/mol. The van der Waals surface area contributed by atoms with E-state index in [2.05, 4.69) is 15.5 Å². The molecular formula is C24H46N6O3. The van der Waals surface area contributed by atoms with Gasteiger partial charge in [-0.1, -0.05) is 27.2 Å². The fraction of sp³-hybridized carbons (Fsp3) is 0.875. The predicted octanol–water partition coefficient (Wildman–Crippen LogP) is 0.389. The average Bonchev–Trinajstić information content (AvgIpc) is 3.26. The van der Waals surface area contributed by atoms with Crippen molar-refractivity contribution in [1.82, 2.24) is 25.3 Å². The lowest BCUT2D eigenvalue weighted by atomic mass is 9.85. The van der Waals surface area contributed by atoms with E-state index in [0.29, 0.717) is 19.6 Å². The first-order chi connectivity index (χ1) is 15.6. The maximum absolute atomic E-state index is 13.6. The molecule has 0 aromatic rings. The van der Waals surface area contributed by atoms with Crippen LogP contribution in [0.2, 0.25) is 0 Å². The van der Waals surface area contributed by atoms with Gasteiger partial charge in [0.25, 0.3) is 0 Å². The van der Waals surface area contributed by atoms with Crippen LogP contribution in [0.3, 0.4) is 0 Å². The third kappa shape index (κ3) is 7.93. The minimum atomic E-state index is -0.631. The number of carbonyl (C=O) groups is 3. The fourth-order valence-corrected chi connectivity index (χ4v) is 4.67. The normalized spacial score (nSPS) is 21.5. The molecule has 3 atom stereocenters. The molecular weight excluding hydrogens is 420 g/mol. The van der Waals surface area contributed by atoms with E-state index in [-0.39, 0.29) is 36.3 Å². The van der Waals surface area contributed by atoms with E-state index >= 15 is 0 Å². The van der Waals surface area contributed by atoms with Gasteiger partial charge in [0, 0.05) is 32.2 Å². The molecule has 0 aromatic carbocycles. The molecule has 0 radical (unpaired) electrons. The van der Waals surface area contributed by atoms with Crippen LogP contribution in [0, 0.1) is 5.41 Å². The number of likely N-dealkylation sites (tertiary alicyclic amines) is 2. The lowest BCUT2D eigenvalue weighted by molar-refractivity contribution is -0.142. The second kappa shape index (κ2) is 12.7. The Morgan fingerprint density at radius 1 is 1.09 bits per heavy atom. The maximum Gasteiger partial charge on any atom is 0.246 e. The van der Waals surface area contributed by atoms with Gasteiger partial charge >= 0.3 is 0 Å². The van der Waals surface area contributed by atoms with E-state index < -0.39 is 11.5 Å². The number of piperidine rings is 1. The SMILES string of the molecule is CN[C@@H](C)C(=O)N[C@H](C(=O)N1CCC[C@H]1CN(CCN1CCCCC1)C(=O)CN)C(C)(C)C. The number of hydrogen-bond donors (Lipinski definition) is 3. The summed E-state index contributed by atoms with van der Waals surface area (Å²) in [7, 11) is 1.72. The molecule has 33 heavy (non-hydrogen) atoms. The number of hydrogen-bond acceptors (Lipinski definition) is 6. The average molecular weight is 467 g/mol. The van der Waals surface area contributed by atoms with Crippen molar-refractivity contribution in [3.63, 3.8) is 0 Å². The molecule has 2 aliphatic heterocycles. The molecule has 190 valence electrons. The van der Waals surface area contributed by atoms with Crippen LogP contribution in [0.5, 0.6) is 0 Å². The first-order valence-corrected chi connectivity index (χ1v) is 12.6. The Morgan fingerprint density at radius 2 is 1.76 bits per heavy atom. The van der Waals surface area contributed by atoms with Gasteiger partial charge in [-0.2, -0.15) is 0 Å². The van der Waals surface area contributed by atoms with Crippen LogP contribution in [0.1, 0.15) is 59.8 Å². The highest BCUT2D eigenvalue weighted by molar-refractivity contribution is 5.90. The standard InChI is InChI=1S/C24H46N6O3/c1-18(26-5)22(32)27-21(24(2,3)4)23(33)30-13-9-10-19(30)17-29(20(31)16-25)15-14-28-11-7-6-8-12-28/h18-19,21,26H,6-17,25H2,1-5H3,(H,27,32)/t18-,19-,21+/m0/s1. The highest BCUT2D eigenvalue weighted by Crippen LogP contribution is 2.26. The van der Waals surface area contributed by atoms with Gasteiger partial charge < -0.3 is 31.1 Å². The number of likely N-dealkylation sites (N-methyl/N-ethyl adjacent to an activating group) is 1. The molecule has 2 heterocycles. The number of rotatable bonds is 10. The zero-order chi connectivity index (χ0) is 24.6. The quantitative estimate of drug-likeness (QED) is 0.430. The fourth-order valence-electron chi connectivity index (χ4n) is 4.67. The Balaban J connectivity index is 2.08. The molecule has 4 N–H and O–H groups in total. The van der Waals surface area contributed by atoms with Crippen molar-refractivity contribution in [2.75, 3.05) is 52.9 Å². The Hall–Kier alpha value is -1.71. The second-order valence-corrected chi connectivity index (χ2v) is 10.6. The van der Waals surface area contributed by atoms with Crippen LogP contribution >= 0.6 is 0 Å². The first-order valence-electron chi connectivity index (χ1n) is 12.6. The molecule has 3 amide bonds. The molecule has 2 saturated heterocycles. The summed E-state index contributed by atoms with van der Waals surface area (Å²) in [5.41, 5.74) is 5.28. The highest BCUT2D eigenvalue weighted by Gasteiger charge is 2.40. The van der Waals surface area contributed by atoms with Crippen LogP contribution in [-0.2, 0) is 14.4 Å². The van der Waals surface area contributed by atoms with Gasteiger partial charge in [-0.3, -0.25) is 14.4 Å². The van der Waals surface area contributed by atoms with Crippen molar-refractivity contribution in [1.29, 1.82) is 0 Å². The topological polar surface area (TPSA) is 111 Å². The predicted molar refractivity (Wildman–Crippen MR) is 131 cm³/mol. The van der Waals surface area contributed by atoms with E-state index in [4.69, 9.17) is 5.73 Å². The molecule has 9 heteroatoms. The first kappa shape index (κ1) is 27.5. The number of carbonyl (C=O) groups excluding carboxylic acids is 3. The molecule has 0 bridgehead atoms. The molecule has 2 aliphatic rings. The van der Waals surface area contributed by atoms with E-state index in [0.717, 1.165) is 32.5 Å². The van der Waals surface area contributed by atoms with Crippen LogP contribution in [-0.4, -0.2) is 103 Å². The van der Waals surface area contributed by atoms with Crippen LogP contribution in [0.25, 0.3) is 0 Å². The lowest BCUT2D eigenvalue weighted by Crippen LogP contribution is -2.59. The Kier molecular flexibility index (Phi) is 10.6. The maximum atomic E-state index is 13.6. The Bertz CT molecular complexity index is 659. The van der Waals surface area contributed by atoms with Crippen molar-refractivity contribution in [2.45, 2.75) is 77.9 Å². The largest absolute Gasteiger partial charge is 0.342 e. The van der Waals surface area contributed by atoms with E-state index in [1.807, 2.05) is 30.6 Å². The zero-order valence-electron chi connectivity index (χ0n) is 21.4. The highest BCUT2D eigenvalue weighted by atomic mass is 16.2. The van der Waals surface area contributed by atoms with Gasteiger partial charge in [0.2, 0.25) is 17.7 Å².